The molecule has 0 bridgehead atoms. The summed E-state index contributed by atoms with van der Waals surface area (Å²) in [5.41, 5.74) is 0.572. The highest BCUT2D eigenvalue weighted by molar-refractivity contribution is 7.92. The van der Waals surface area contributed by atoms with Crippen LogP contribution in [0.4, 0.5) is 24.5 Å². The molecule has 174 valence electrons. The first-order valence-corrected chi connectivity index (χ1v) is 11.7. The molecule has 0 atom stereocenters. The predicted molar refractivity (Wildman–Crippen MR) is 119 cm³/mol. The minimum absolute atomic E-state index is 0.0818. The molecule has 0 fully saturated rings. The van der Waals surface area contributed by atoms with Crippen molar-refractivity contribution in [3.05, 3.63) is 88.7 Å². The van der Waals surface area contributed by atoms with Crippen LogP contribution in [0.15, 0.2) is 60.7 Å². The second kappa shape index (κ2) is 10.1. The normalized spacial score (nSPS) is 11.2. The van der Waals surface area contributed by atoms with Crippen molar-refractivity contribution in [3.63, 3.8) is 0 Å². The zero-order chi connectivity index (χ0) is 24.2. The SMILES string of the molecule is CS(=O)(=O)N(Cc1ccc(Cl)cc1)c1ccc(OCC(=O)Nc2ccc(F)c(F)c2F)cc1. The second-order valence-corrected chi connectivity index (χ2v) is 9.29. The molecule has 0 heterocycles. The largest absolute Gasteiger partial charge is 0.484 e. The fourth-order valence-corrected chi connectivity index (χ4v) is 3.84. The standard InChI is InChI=1S/C22H18ClF3N2O4S/c1-33(30,31)28(12-14-2-4-15(23)5-3-14)16-6-8-17(9-7-16)32-13-20(29)27-19-11-10-18(24)21(25)22(19)26/h2-11H,12-13H2,1H3,(H,27,29). The lowest BCUT2D eigenvalue weighted by Crippen LogP contribution is -2.29. The van der Waals surface area contributed by atoms with Gasteiger partial charge in [0.05, 0.1) is 24.2 Å². The highest BCUT2D eigenvalue weighted by atomic mass is 35.5. The summed E-state index contributed by atoms with van der Waals surface area (Å²) in [6.07, 6.45) is 1.08. The maximum atomic E-state index is 13.6. The summed E-state index contributed by atoms with van der Waals surface area (Å²) in [6.45, 7) is -0.462. The van der Waals surface area contributed by atoms with E-state index in [1.54, 1.807) is 24.3 Å². The Kier molecular flexibility index (Phi) is 7.50. The number of sulfonamides is 1. The van der Waals surface area contributed by atoms with Crippen LogP contribution in [0.3, 0.4) is 0 Å². The predicted octanol–water partition coefficient (Wildman–Crippen LogP) is 4.74. The Morgan fingerprint density at radius 2 is 1.61 bits per heavy atom. The second-order valence-electron chi connectivity index (χ2n) is 6.95. The molecule has 3 rings (SSSR count). The third-order valence-electron chi connectivity index (χ3n) is 4.44. The number of hydrogen-bond donors (Lipinski definition) is 1. The highest BCUT2D eigenvalue weighted by Gasteiger charge is 2.19. The van der Waals surface area contributed by atoms with Crippen LogP contribution in [0.25, 0.3) is 0 Å². The first-order valence-electron chi connectivity index (χ1n) is 9.43. The Morgan fingerprint density at radius 3 is 2.21 bits per heavy atom. The quantitative estimate of drug-likeness (QED) is 0.455. The van der Waals surface area contributed by atoms with E-state index in [0.29, 0.717) is 16.8 Å². The van der Waals surface area contributed by atoms with Crippen LogP contribution in [0.2, 0.25) is 5.02 Å². The number of nitrogens with zero attached hydrogens (tertiary/aromatic N) is 1. The van der Waals surface area contributed by atoms with E-state index in [2.05, 4.69) is 5.32 Å². The van der Waals surface area contributed by atoms with Gasteiger partial charge in [-0.2, -0.15) is 0 Å². The lowest BCUT2D eigenvalue weighted by atomic mass is 10.2. The molecule has 1 amide bonds. The Labute approximate surface area is 193 Å². The lowest BCUT2D eigenvalue weighted by Gasteiger charge is -2.23. The molecule has 0 spiro atoms. The number of hydrogen-bond acceptors (Lipinski definition) is 4. The zero-order valence-corrected chi connectivity index (χ0v) is 18.8. The van der Waals surface area contributed by atoms with E-state index in [1.165, 1.54) is 28.6 Å². The minimum Gasteiger partial charge on any atom is -0.484 e. The molecular formula is C22H18ClF3N2O4S. The molecule has 3 aromatic carbocycles. The molecule has 0 saturated carbocycles. The Hall–Kier alpha value is -3.24. The molecule has 11 heteroatoms. The van der Waals surface area contributed by atoms with E-state index in [1.807, 2.05) is 0 Å². The summed E-state index contributed by atoms with van der Waals surface area (Å²) in [5.74, 6) is -5.15. The van der Waals surface area contributed by atoms with Crippen LogP contribution in [0.1, 0.15) is 5.56 Å². The summed E-state index contributed by atoms with van der Waals surface area (Å²) in [5, 5.41) is 2.62. The van der Waals surface area contributed by atoms with Gasteiger partial charge in [-0.15, -0.1) is 0 Å². The molecule has 0 aliphatic rings. The van der Waals surface area contributed by atoms with Gasteiger partial charge < -0.3 is 10.1 Å². The molecule has 0 saturated heterocycles. The molecule has 6 nitrogen and oxygen atoms in total. The maximum absolute atomic E-state index is 13.6. The van der Waals surface area contributed by atoms with Crippen molar-refractivity contribution in [3.8, 4) is 5.75 Å². The Morgan fingerprint density at radius 1 is 0.970 bits per heavy atom. The van der Waals surface area contributed by atoms with Crippen molar-refractivity contribution < 1.29 is 31.1 Å². The molecule has 3 aromatic rings. The summed E-state index contributed by atoms with van der Waals surface area (Å²) >= 11 is 5.87. The zero-order valence-electron chi connectivity index (χ0n) is 17.2. The number of amides is 1. The number of carbonyl (C=O) groups excluding carboxylic acids is 1. The van der Waals surface area contributed by atoms with Gasteiger partial charge in [0.2, 0.25) is 10.0 Å². The fourth-order valence-electron chi connectivity index (χ4n) is 2.82. The highest BCUT2D eigenvalue weighted by Crippen LogP contribution is 2.24. The van der Waals surface area contributed by atoms with Gasteiger partial charge in [-0.3, -0.25) is 9.10 Å². The molecule has 33 heavy (non-hydrogen) atoms. The molecule has 0 unspecified atom stereocenters. The first kappa shape index (κ1) is 24.4. The average Bonchev–Trinajstić information content (AvgIpc) is 2.77. The van der Waals surface area contributed by atoms with Crippen molar-refractivity contribution >= 4 is 38.9 Å². The molecule has 0 aliphatic carbocycles. The van der Waals surface area contributed by atoms with Crippen LogP contribution in [0, 0.1) is 17.5 Å². The molecule has 0 aromatic heterocycles. The van der Waals surface area contributed by atoms with Crippen molar-refractivity contribution in [1.82, 2.24) is 0 Å². The van der Waals surface area contributed by atoms with Crippen LogP contribution >= 0.6 is 11.6 Å². The van der Waals surface area contributed by atoms with E-state index in [4.69, 9.17) is 16.3 Å². The van der Waals surface area contributed by atoms with Gasteiger partial charge in [0.25, 0.3) is 5.91 Å². The van der Waals surface area contributed by atoms with E-state index in [9.17, 15) is 26.4 Å². The van der Waals surface area contributed by atoms with Crippen molar-refractivity contribution in [1.29, 1.82) is 0 Å². The van der Waals surface area contributed by atoms with Gasteiger partial charge in [0.1, 0.15) is 5.75 Å². The number of benzene rings is 3. The number of rotatable bonds is 8. The third-order valence-corrected chi connectivity index (χ3v) is 5.84. The van der Waals surface area contributed by atoms with Gasteiger partial charge in [-0.25, -0.2) is 21.6 Å². The fraction of sp³-hybridized carbons (Fsp3) is 0.136. The summed E-state index contributed by atoms with van der Waals surface area (Å²) in [7, 11) is -3.61. The van der Waals surface area contributed by atoms with Gasteiger partial charge in [0, 0.05) is 5.02 Å². The minimum atomic E-state index is -3.61. The third kappa shape index (κ3) is 6.39. The van der Waals surface area contributed by atoms with Crippen LogP contribution in [-0.4, -0.2) is 27.2 Å². The van der Waals surface area contributed by atoms with Crippen LogP contribution < -0.4 is 14.4 Å². The van der Waals surface area contributed by atoms with Gasteiger partial charge in [-0.1, -0.05) is 23.7 Å². The van der Waals surface area contributed by atoms with Crippen molar-refractivity contribution in [2.45, 2.75) is 6.54 Å². The number of nitrogens with one attached hydrogen (secondary N) is 1. The van der Waals surface area contributed by atoms with Gasteiger partial charge in [0.15, 0.2) is 24.1 Å². The Bertz CT molecular complexity index is 1250. The van der Waals surface area contributed by atoms with E-state index in [0.717, 1.165) is 17.9 Å². The molecule has 0 radical (unpaired) electrons. The smallest absolute Gasteiger partial charge is 0.262 e. The summed E-state index contributed by atoms with van der Waals surface area (Å²) in [6, 6.07) is 14.2. The molecule has 1 N–H and O–H groups in total. The first-order chi connectivity index (χ1) is 15.5. The van der Waals surface area contributed by atoms with Crippen molar-refractivity contribution in [2.75, 3.05) is 22.5 Å². The lowest BCUT2D eigenvalue weighted by molar-refractivity contribution is -0.118. The number of halogens is 4. The molecular weight excluding hydrogens is 481 g/mol. The number of carbonyl (C=O) groups is 1. The average molecular weight is 499 g/mol. The van der Waals surface area contributed by atoms with Crippen molar-refractivity contribution in [2.24, 2.45) is 0 Å². The van der Waals surface area contributed by atoms with E-state index in [-0.39, 0.29) is 12.3 Å². The monoisotopic (exact) mass is 498 g/mol. The van der Waals surface area contributed by atoms with Crippen LogP contribution in [0.5, 0.6) is 5.75 Å². The van der Waals surface area contributed by atoms with E-state index >= 15 is 0 Å². The topological polar surface area (TPSA) is 75.7 Å². The van der Waals surface area contributed by atoms with E-state index < -0.39 is 45.7 Å². The Balaban J connectivity index is 1.65. The maximum Gasteiger partial charge on any atom is 0.262 e. The molecule has 0 aliphatic heterocycles. The number of anilines is 2. The van der Waals surface area contributed by atoms with Crippen LogP contribution in [-0.2, 0) is 21.4 Å². The number of ether oxygens (including phenoxy) is 1. The summed E-state index contributed by atoms with van der Waals surface area (Å²) in [4.78, 5) is 12.0. The van der Waals surface area contributed by atoms with Gasteiger partial charge >= 0.3 is 0 Å². The summed E-state index contributed by atoms with van der Waals surface area (Å²) < 4.78 is 70.9. The van der Waals surface area contributed by atoms with Gasteiger partial charge in [-0.05, 0) is 54.1 Å².